The second-order valence-electron chi connectivity index (χ2n) is 6.44. The molecule has 0 spiro atoms. The van der Waals surface area contributed by atoms with Gasteiger partial charge in [0, 0.05) is 42.0 Å². The Morgan fingerprint density at radius 3 is 2.79 bits per heavy atom. The number of thiazole rings is 1. The molecule has 2 aromatic heterocycles. The maximum Gasteiger partial charge on any atom is 0.0959 e. The van der Waals surface area contributed by atoms with Gasteiger partial charge in [0.2, 0.25) is 0 Å². The number of benzene rings is 1. The average molecular weight is 338 g/mol. The van der Waals surface area contributed by atoms with Crippen molar-refractivity contribution in [3.05, 3.63) is 64.4 Å². The summed E-state index contributed by atoms with van der Waals surface area (Å²) in [5.74, 6) is 0.732. The second kappa shape index (κ2) is 6.87. The summed E-state index contributed by atoms with van der Waals surface area (Å²) >= 11 is 1.87. The van der Waals surface area contributed by atoms with E-state index < -0.39 is 0 Å². The third-order valence-electron chi connectivity index (χ3n) is 4.77. The van der Waals surface area contributed by atoms with E-state index in [4.69, 9.17) is 0 Å². The molecule has 1 aliphatic carbocycles. The van der Waals surface area contributed by atoms with Gasteiger partial charge in [0.1, 0.15) is 0 Å². The highest BCUT2D eigenvalue weighted by atomic mass is 32.1. The topological polar surface area (TPSA) is 42.7 Å². The van der Waals surface area contributed by atoms with Gasteiger partial charge in [-0.05, 0) is 43.5 Å². The van der Waals surface area contributed by atoms with Crippen molar-refractivity contribution >= 4 is 11.3 Å². The highest BCUT2D eigenvalue weighted by Gasteiger charge is 2.22. The quantitative estimate of drug-likeness (QED) is 0.722. The zero-order valence-corrected chi connectivity index (χ0v) is 14.7. The molecule has 124 valence electrons. The highest BCUT2D eigenvalue weighted by molar-refractivity contribution is 7.11. The van der Waals surface area contributed by atoms with Crippen LogP contribution < -0.4 is 5.32 Å². The lowest BCUT2D eigenvalue weighted by Gasteiger charge is -2.22. The van der Waals surface area contributed by atoms with Crippen LogP contribution in [-0.4, -0.2) is 14.8 Å². The van der Waals surface area contributed by atoms with Gasteiger partial charge in [0.05, 0.1) is 10.7 Å². The predicted molar refractivity (Wildman–Crippen MR) is 97.5 cm³/mol. The third-order valence-corrected chi connectivity index (χ3v) is 5.93. The Labute approximate surface area is 146 Å². The van der Waals surface area contributed by atoms with Gasteiger partial charge in [0.25, 0.3) is 0 Å². The molecule has 0 radical (unpaired) electrons. The van der Waals surface area contributed by atoms with Crippen LogP contribution in [0.25, 0.3) is 5.69 Å². The number of nitrogens with one attached hydrogen (secondary N) is 1. The molecule has 1 N–H and O–H groups in total. The number of aromatic nitrogens is 3. The summed E-state index contributed by atoms with van der Waals surface area (Å²) in [5.41, 5.74) is 2.37. The van der Waals surface area contributed by atoms with E-state index >= 15 is 0 Å². The lowest BCUT2D eigenvalue weighted by Crippen LogP contribution is -2.17. The summed E-state index contributed by atoms with van der Waals surface area (Å²) in [6.07, 6.45) is 9.80. The van der Waals surface area contributed by atoms with E-state index in [1.54, 1.807) is 6.20 Å². The van der Waals surface area contributed by atoms with Crippen LogP contribution in [0.15, 0.2) is 48.9 Å². The molecule has 0 unspecified atom stereocenters. The molecule has 1 aromatic carbocycles. The van der Waals surface area contributed by atoms with Crippen LogP contribution in [0.1, 0.15) is 53.6 Å². The second-order valence-corrected chi connectivity index (χ2v) is 7.58. The van der Waals surface area contributed by atoms with Crippen molar-refractivity contribution in [2.45, 2.75) is 44.7 Å². The van der Waals surface area contributed by atoms with Crippen molar-refractivity contribution in [2.24, 2.45) is 0 Å². The van der Waals surface area contributed by atoms with E-state index in [1.165, 1.54) is 34.7 Å². The van der Waals surface area contributed by atoms with E-state index in [9.17, 15) is 0 Å². The van der Waals surface area contributed by atoms with Gasteiger partial charge in [-0.3, -0.25) is 0 Å². The van der Waals surface area contributed by atoms with Crippen LogP contribution >= 0.6 is 11.3 Å². The predicted octanol–water partition coefficient (Wildman–Crippen LogP) is 4.45. The van der Waals surface area contributed by atoms with Crippen molar-refractivity contribution < 1.29 is 0 Å². The summed E-state index contributed by atoms with van der Waals surface area (Å²) in [5, 5.41) is 9.19. The Morgan fingerprint density at radius 1 is 1.29 bits per heavy atom. The van der Waals surface area contributed by atoms with Crippen molar-refractivity contribution in [3.63, 3.8) is 0 Å². The monoisotopic (exact) mass is 338 g/mol. The van der Waals surface area contributed by atoms with Gasteiger partial charge < -0.3 is 5.32 Å². The van der Waals surface area contributed by atoms with Gasteiger partial charge in [-0.15, -0.1) is 11.3 Å². The standard InChI is InChI=1S/C19H22N4S/c1-14(15-6-8-17(9-7-15)23-11-3-10-22-23)20-12-18-13-21-19(24-18)16-4-2-5-16/h3,6-11,13-14,16,20H,2,4-5,12H2,1H3/t14-/m0/s1. The molecule has 3 aromatic rings. The maximum atomic E-state index is 4.60. The minimum atomic E-state index is 0.311. The molecule has 1 saturated carbocycles. The third kappa shape index (κ3) is 3.28. The Morgan fingerprint density at radius 2 is 2.12 bits per heavy atom. The summed E-state index contributed by atoms with van der Waals surface area (Å²) in [6.45, 7) is 3.09. The first kappa shape index (κ1) is 15.5. The SMILES string of the molecule is C[C@H](NCc1cnc(C2CCC2)s1)c1ccc(-n2cccn2)cc1. The summed E-state index contributed by atoms with van der Waals surface area (Å²) < 4.78 is 1.88. The van der Waals surface area contributed by atoms with E-state index in [-0.39, 0.29) is 0 Å². The van der Waals surface area contributed by atoms with Crippen LogP contribution in [-0.2, 0) is 6.54 Å². The van der Waals surface area contributed by atoms with Crippen LogP contribution in [0.2, 0.25) is 0 Å². The summed E-state index contributed by atoms with van der Waals surface area (Å²) in [7, 11) is 0. The molecule has 0 aliphatic heterocycles. The van der Waals surface area contributed by atoms with E-state index in [0.717, 1.165) is 18.2 Å². The Balaban J connectivity index is 1.35. The molecule has 0 amide bonds. The number of hydrogen-bond acceptors (Lipinski definition) is 4. The molecule has 2 heterocycles. The normalized spacial score (nSPS) is 16.0. The molecular formula is C19H22N4S. The Bertz CT molecular complexity index is 772. The molecule has 5 heteroatoms. The molecular weight excluding hydrogens is 316 g/mol. The fourth-order valence-electron chi connectivity index (χ4n) is 2.96. The molecule has 0 saturated heterocycles. The minimum absolute atomic E-state index is 0.311. The Hall–Kier alpha value is -1.98. The minimum Gasteiger partial charge on any atom is -0.305 e. The van der Waals surface area contributed by atoms with E-state index in [2.05, 4.69) is 46.6 Å². The molecule has 4 nitrogen and oxygen atoms in total. The number of hydrogen-bond donors (Lipinski definition) is 1. The van der Waals surface area contributed by atoms with Gasteiger partial charge in [-0.2, -0.15) is 5.10 Å². The number of nitrogens with zero attached hydrogens (tertiary/aromatic N) is 3. The van der Waals surface area contributed by atoms with Crippen molar-refractivity contribution in [3.8, 4) is 5.69 Å². The first-order chi connectivity index (χ1) is 11.8. The zero-order valence-electron chi connectivity index (χ0n) is 13.9. The van der Waals surface area contributed by atoms with Gasteiger partial charge in [-0.1, -0.05) is 18.6 Å². The first-order valence-electron chi connectivity index (χ1n) is 8.57. The van der Waals surface area contributed by atoms with E-state index in [1.807, 2.05) is 34.5 Å². The molecule has 24 heavy (non-hydrogen) atoms. The van der Waals surface area contributed by atoms with Crippen LogP contribution in [0.4, 0.5) is 0 Å². The molecule has 1 fully saturated rings. The molecule has 1 aliphatic rings. The molecule has 0 bridgehead atoms. The Kier molecular flexibility index (Phi) is 4.45. The largest absolute Gasteiger partial charge is 0.305 e. The lowest BCUT2D eigenvalue weighted by molar-refractivity contribution is 0.418. The van der Waals surface area contributed by atoms with Crippen molar-refractivity contribution in [2.75, 3.05) is 0 Å². The van der Waals surface area contributed by atoms with Gasteiger partial charge in [0.15, 0.2) is 0 Å². The number of rotatable bonds is 6. The van der Waals surface area contributed by atoms with Gasteiger partial charge >= 0.3 is 0 Å². The maximum absolute atomic E-state index is 4.60. The summed E-state index contributed by atoms with van der Waals surface area (Å²) in [4.78, 5) is 5.93. The van der Waals surface area contributed by atoms with Crippen molar-refractivity contribution in [1.82, 2.24) is 20.1 Å². The van der Waals surface area contributed by atoms with Crippen LogP contribution in [0.5, 0.6) is 0 Å². The van der Waals surface area contributed by atoms with Crippen molar-refractivity contribution in [1.29, 1.82) is 0 Å². The van der Waals surface area contributed by atoms with Crippen LogP contribution in [0, 0.1) is 0 Å². The highest BCUT2D eigenvalue weighted by Crippen LogP contribution is 2.38. The fourth-order valence-corrected chi connectivity index (χ4v) is 3.99. The first-order valence-corrected chi connectivity index (χ1v) is 9.39. The van der Waals surface area contributed by atoms with E-state index in [0.29, 0.717) is 6.04 Å². The van der Waals surface area contributed by atoms with Gasteiger partial charge in [-0.25, -0.2) is 9.67 Å². The zero-order chi connectivity index (χ0) is 16.4. The fraction of sp³-hybridized carbons (Fsp3) is 0.368. The summed E-state index contributed by atoms with van der Waals surface area (Å²) in [6, 6.07) is 10.8. The lowest BCUT2D eigenvalue weighted by atomic mass is 9.86. The van der Waals surface area contributed by atoms with Crippen LogP contribution in [0.3, 0.4) is 0 Å². The molecule has 4 rings (SSSR count). The average Bonchev–Trinajstić information content (AvgIpc) is 3.23. The molecule has 1 atom stereocenters. The smallest absolute Gasteiger partial charge is 0.0959 e.